The quantitative estimate of drug-likeness (QED) is 0.748. The van der Waals surface area contributed by atoms with Crippen molar-refractivity contribution in [2.24, 2.45) is 0 Å². The summed E-state index contributed by atoms with van der Waals surface area (Å²) in [5, 5.41) is 15.0. The van der Waals surface area contributed by atoms with Gasteiger partial charge in [-0.25, -0.2) is 4.79 Å². The number of aliphatic hydroxyl groups is 1. The SMILES string of the molecule is O=C(N[C@H]1CC[C@@H](NCCO)CC1)OCc1ccccc1. The Labute approximate surface area is 125 Å². The molecule has 0 heterocycles. The fourth-order valence-corrected chi connectivity index (χ4v) is 2.64. The zero-order chi connectivity index (χ0) is 14.9. The van der Waals surface area contributed by atoms with Crippen LogP contribution in [0.4, 0.5) is 4.79 Å². The van der Waals surface area contributed by atoms with Gasteiger partial charge < -0.3 is 20.5 Å². The van der Waals surface area contributed by atoms with Crippen molar-refractivity contribution in [2.75, 3.05) is 13.2 Å². The summed E-state index contributed by atoms with van der Waals surface area (Å²) in [7, 11) is 0. The molecule has 5 heteroatoms. The number of nitrogens with one attached hydrogen (secondary N) is 2. The van der Waals surface area contributed by atoms with Crippen molar-refractivity contribution in [3.05, 3.63) is 35.9 Å². The Bertz CT molecular complexity index is 417. The molecule has 1 amide bonds. The molecule has 1 saturated carbocycles. The zero-order valence-electron chi connectivity index (χ0n) is 12.3. The molecule has 0 spiro atoms. The van der Waals surface area contributed by atoms with Crippen LogP contribution in [-0.2, 0) is 11.3 Å². The number of carbonyl (C=O) groups is 1. The first-order chi connectivity index (χ1) is 10.3. The number of rotatable bonds is 6. The monoisotopic (exact) mass is 292 g/mol. The Kier molecular flexibility index (Phi) is 6.50. The maximum absolute atomic E-state index is 11.8. The number of hydrogen-bond donors (Lipinski definition) is 3. The lowest BCUT2D eigenvalue weighted by molar-refractivity contribution is 0.131. The summed E-state index contributed by atoms with van der Waals surface area (Å²) in [5.41, 5.74) is 0.990. The molecule has 0 radical (unpaired) electrons. The van der Waals surface area contributed by atoms with Gasteiger partial charge in [0.15, 0.2) is 0 Å². The lowest BCUT2D eigenvalue weighted by Gasteiger charge is -2.29. The number of hydrogen-bond acceptors (Lipinski definition) is 4. The van der Waals surface area contributed by atoms with Gasteiger partial charge in [-0.3, -0.25) is 0 Å². The Morgan fingerprint density at radius 1 is 1.14 bits per heavy atom. The minimum atomic E-state index is -0.342. The van der Waals surface area contributed by atoms with Crippen molar-refractivity contribution in [3.8, 4) is 0 Å². The minimum Gasteiger partial charge on any atom is -0.445 e. The van der Waals surface area contributed by atoms with Crippen LogP contribution in [0, 0.1) is 0 Å². The largest absolute Gasteiger partial charge is 0.445 e. The van der Waals surface area contributed by atoms with E-state index in [4.69, 9.17) is 9.84 Å². The molecular formula is C16H24N2O3. The Balaban J connectivity index is 1.63. The average Bonchev–Trinajstić information content (AvgIpc) is 2.53. The summed E-state index contributed by atoms with van der Waals surface area (Å²) in [4.78, 5) is 11.8. The second-order valence-electron chi connectivity index (χ2n) is 5.43. The highest BCUT2D eigenvalue weighted by Gasteiger charge is 2.22. The molecule has 0 aromatic heterocycles. The van der Waals surface area contributed by atoms with Crippen molar-refractivity contribution >= 4 is 6.09 Å². The van der Waals surface area contributed by atoms with Crippen molar-refractivity contribution in [1.82, 2.24) is 10.6 Å². The summed E-state index contributed by atoms with van der Waals surface area (Å²) in [6.07, 6.45) is 3.59. The maximum Gasteiger partial charge on any atom is 0.407 e. The summed E-state index contributed by atoms with van der Waals surface area (Å²) >= 11 is 0. The second-order valence-corrected chi connectivity index (χ2v) is 5.43. The van der Waals surface area contributed by atoms with E-state index < -0.39 is 0 Å². The van der Waals surface area contributed by atoms with Crippen LogP contribution in [-0.4, -0.2) is 36.4 Å². The summed E-state index contributed by atoms with van der Waals surface area (Å²) in [6.45, 7) is 1.12. The molecule has 1 fully saturated rings. The third-order valence-electron chi connectivity index (χ3n) is 3.81. The first-order valence-corrected chi connectivity index (χ1v) is 7.59. The highest BCUT2D eigenvalue weighted by molar-refractivity contribution is 5.67. The predicted molar refractivity (Wildman–Crippen MR) is 80.9 cm³/mol. The average molecular weight is 292 g/mol. The van der Waals surface area contributed by atoms with Gasteiger partial charge >= 0.3 is 6.09 Å². The summed E-state index contributed by atoms with van der Waals surface area (Å²) < 4.78 is 5.22. The van der Waals surface area contributed by atoms with E-state index in [0.717, 1.165) is 31.2 Å². The summed E-state index contributed by atoms with van der Waals surface area (Å²) in [6, 6.07) is 10.3. The van der Waals surface area contributed by atoms with Crippen molar-refractivity contribution in [3.63, 3.8) is 0 Å². The van der Waals surface area contributed by atoms with Gasteiger partial charge in [0.2, 0.25) is 0 Å². The van der Waals surface area contributed by atoms with Crippen LogP contribution in [0.25, 0.3) is 0 Å². The Hall–Kier alpha value is -1.59. The molecule has 1 aliphatic carbocycles. The van der Waals surface area contributed by atoms with Crippen LogP contribution in [0.3, 0.4) is 0 Å². The van der Waals surface area contributed by atoms with Gasteiger partial charge in [0.25, 0.3) is 0 Å². The topological polar surface area (TPSA) is 70.6 Å². The van der Waals surface area contributed by atoms with Crippen LogP contribution in [0.15, 0.2) is 30.3 Å². The number of amides is 1. The van der Waals surface area contributed by atoms with Crippen molar-refractivity contribution in [2.45, 2.75) is 44.4 Å². The lowest BCUT2D eigenvalue weighted by atomic mass is 9.91. The number of aliphatic hydroxyl groups excluding tert-OH is 1. The molecule has 0 saturated heterocycles. The summed E-state index contributed by atoms with van der Waals surface area (Å²) in [5.74, 6) is 0. The Morgan fingerprint density at radius 3 is 2.48 bits per heavy atom. The number of carbonyl (C=O) groups excluding carboxylic acids is 1. The van der Waals surface area contributed by atoms with Crippen LogP contribution in [0.2, 0.25) is 0 Å². The third kappa shape index (κ3) is 5.73. The molecule has 116 valence electrons. The smallest absolute Gasteiger partial charge is 0.407 e. The predicted octanol–water partition coefficient (Wildman–Crippen LogP) is 1.81. The first kappa shape index (κ1) is 15.8. The standard InChI is InChI=1S/C16H24N2O3/c19-11-10-17-14-6-8-15(9-7-14)18-16(20)21-12-13-4-2-1-3-5-13/h1-5,14-15,17,19H,6-12H2,(H,18,20)/t14-,15+. The fourth-order valence-electron chi connectivity index (χ4n) is 2.64. The van der Waals surface area contributed by atoms with E-state index in [1.165, 1.54) is 0 Å². The minimum absolute atomic E-state index is 0.171. The highest BCUT2D eigenvalue weighted by atomic mass is 16.5. The molecule has 3 N–H and O–H groups in total. The molecule has 1 aromatic carbocycles. The van der Waals surface area contributed by atoms with E-state index in [1.54, 1.807) is 0 Å². The van der Waals surface area contributed by atoms with Gasteiger partial charge in [-0.2, -0.15) is 0 Å². The molecule has 0 unspecified atom stereocenters. The van der Waals surface area contributed by atoms with E-state index in [2.05, 4.69) is 10.6 Å². The molecule has 0 aliphatic heterocycles. The third-order valence-corrected chi connectivity index (χ3v) is 3.81. The van der Waals surface area contributed by atoms with Crippen molar-refractivity contribution in [1.29, 1.82) is 0 Å². The fraction of sp³-hybridized carbons (Fsp3) is 0.562. The molecule has 0 atom stereocenters. The van der Waals surface area contributed by atoms with Crippen LogP contribution < -0.4 is 10.6 Å². The van der Waals surface area contributed by atoms with E-state index in [9.17, 15) is 4.79 Å². The van der Waals surface area contributed by atoms with Crippen LogP contribution in [0.1, 0.15) is 31.2 Å². The molecule has 0 bridgehead atoms. The van der Waals surface area contributed by atoms with E-state index >= 15 is 0 Å². The number of benzene rings is 1. The van der Waals surface area contributed by atoms with Gasteiger partial charge in [0.1, 0.15) is 6.61 Å². The normalized spacial score (nSPS) is 21.8. The van der Waals surface area contributed by atoms with Crippen LogP contribution >= 0.6 is 0 Å². The maximum atomic E-state index is 11.8. The molecule has 1 aliphatic rings. The molecule has 21 heavy (non-hydrogen) atoms. The van der Waals surface area contributed by atoms with Crippen molar-refractivity contribution < 1.29 is 14.6 Å². The van der Waals surface area contributed by atoms with Gasteiger partial charge in [-0.1, -0.05) is 30.3 Å². The number of alkyl carbamates (subject to hydrolysis) is 1. The van der Waals surface area contributed by atoms with Gasteiger partial charge in [0.05, 0.1) is 6.61 Å². The lowest BCUT2D eigenvalue weighted by Crippen LogP contribution is -2.42. The van der Waals surface area contributed by atoms with E-state index in [1.807, 2.05) is 30.3 Å². The Morgan fingerprint density at radius 2 is 1.81 bits per heavy atom. The number of ether oxygens (including phenoxy) is 1. The van der Waals surface area contributed by atoms with E-state index in [0.29, 0.717) is 19.2 Å². The van der Waals surface area contributed by atoms with E-state index in [-0.39, 0.29) is 18.7 Å². The zero-order valence-corrected chi connectivity index (χ0v) is 12.3. The highest BCUT2D eigenvalue weighted by Crippen LogP contribution is 2.18. The molecule has 5 nitrogen and oxygen atoms in total. The molecular weight excluding hydrogens is 268 g/mol. The second kappa shape index (κ2) is 8.64. The van der Waals surface area contributed by atoms with Gasteiger partial charge in [0, 0.05) is 18.6 Å². The molecule has 2 rings (SSSR count). The van der Waals surface area contributed by atoms with Crippen LogP contribution in [0.5, 0.6) is 0 Å². The first-order valence-electron chi connectivity index (χ1n) is 7.59. The van der Waals surface area contributed by atoms with Gasteiger partial charge in [-0.05, 0) is 31.2 Å². The molecule has 1 aromatic rings. The van der Waals surface area contributed by atoms with Gasteiger partial charge in [-0.15, -0.1) is 0 Å².